The Morgan fingerprint density at radius 2 is 1.82 bits per heavy atom. The van der Waals surface area contributed by atoms with Gasteiger partial charge in [-0.1, -0.05) is 24.3 Å². The SMILES string of the molecule is COc1ccc(C(=O)Nc2cccc(CCc3nc4ccccc4[nH]3)c2)cc1. The van der Waals surface area contributed by atoms with E-state index in [0.29, 0.717) is 5.56 Å². The van der Waals surface area contributed by atoms with Gasteiger partial charge < -0.3 is 15.0 Å². The summed E-state index contributed by atoms with van der Waals surface area (Å²) in [4.78, 5) is 20.4. The summed E-state index contributed by atoms with van der Waals surface area (Å²) >= 11 is 0. The quantitative estimate of drug-likeness (QED) is 0.520. The van der Waals surface area contributed by atoms with Gasteiger partial charge in [-0.25, -0.2) is 4.98 Å². The summed E-state index contributed by atoms with van der Waals surface area (Å²) in [6, 6.07) is 23.0. The first kappa shape index (κ1) is 17.8. The van der Waals surface area contributed by atoms with Gasteiger partial charge in [0.1, 0.15) is 11.6 Å². The number of methoxy groups -OCH3 is 1. The molecule has 140 valence electrons. The molecule has 2 N–H and O–H groups in total. The first-order valence-electron chi connectivity index (χ1n) is 9.19. The lowest BCUT2D eigenvalue weighted by Gasteiger charge is -2.08. The van der Waals surface area contributed by atoms with Crippen LogP contribution in [0, 0.1) is 0 Å². The summed E-state index contributed by atoms with van der Waals surface area (Å²) in [6.07, 6.45) is 1.65. The Bertz CT molecular complexity index is 1070. The van der Waals surface area contributed by atoms with Crippen LogP contribution in [0.3, 0.4) is 0 Å². The third kappa shape index (κ3) is 4.04. The molecule has 0 aliphatic rings. The van der Waals surface area contributed by atoms with E-state index >= 15 is 0 Å². The molecule has 0 aliphatic carbocycles. The normalized spacial score (nSPS) is 10.8. The van der Waals surface area contributed by atoms with Gasteiger partial charge in [-0.2, -0.15) is 0 Å². The fraction of sp³-hybridized carbons (Fsp3) is 0.130. The van der Waals surface area contributed by atoms with E-state index in [-0.39, 0.29) is 5.91 Å². The van der Waals surface area contributed by atoms with Crippen molar-refractivity contribution in [3.63, 3.8) is 0 Å². The number of para-hydroxylation sites is 2. The van der Waals surface area contributed by atoms with Crippen LogP contribution in [0.5, 0.6) is 5.75 Å². The number of hydrogen-bond acceptors (Lipinski definition) is 3. The number of benzene rings is 3. The van der Waals surface area contributed by atoms with Crippen LogP contribution in [0.2, 0.25) is 0 Å². The predicted molar refractivity (Wildman–Crippen MR) is 111 cm³/mol. The Hall–Kier alpha value is -3.60. The second-order valence-electron chi connectivity index (χ2n) is 6.58. The molecule has 0 saturated heterocycles. The van der Waals surface area contributed by atoms with E-state index < -0.39 is 0 Å². The third-order valence-electron chi connectivity index (χ3n) is 4.63. The molecular formula is C23H21N3O2. The van der Waals surface area contributed by atoms with E-state index in [1.165, 1.54) is 0 Å². The zero-order valence-corrected chi connectivity index (χ0v) is 15.6. The van der Waals surface area contributed by atoms with Gasteiger partial charge in [-0.3, -0.25) is 4.79 Å². The number of imidazole rings is 1. The number of rotatable bonds is 6. The highest BCUT2D eigenvalue weighted by atomic mass is 16.5. The molecule has 0 atom stereocenters. The number of fused-ring (bicyclic) bond motifs is 1. The number of nitrogens with zero attached hydrogens (tertiary/aromatic N) is 1. The van der Waals surface area contributed by atoms with Crippen LogP contribution in [0.25, 0.3) is 11.0 Å². The van der Waals surface area contributed by atoms with E-state index in [4.69, 9.17) is 4.74 Å². The zero-order chi connectivity index (χ0) is 19.3. The molecule has 5 nitrogen and oxygen atoms in total. The number of anilines is 1. The summed E-state index contributed by atoms with van der Waals surface area (Å²) in [5, 5.41) is 2.95. The molecule has 0 spiro atoms. The number of amides is 1. The monoisotopic (exact) mass is 371 g/mol. The van der Waals surface area contributed by atoms with E-state index in [1.54, 1.807) is 31.4 Å². The molecule has 5 heteroatoms. The molecule has 0 bridgehead atoms. The molecule has 1 heterocycles. The summed E-state index contributed by atoms with van der Waals surface area (Å²) in [5.41, 5.74) is 4.56. The minimum absolute atomic E-state index is 0.142. The van der Waals surface area contributed by atoms with Gasteiger partial charge in [0.2, 0.25) is 0 Å². The molecule has 4 aromatic rings. The number of ether oxygens (including phenoxy) is 1. The number of aryl methyl sites for hydroxylation is 2. The largest absolute Gasteiger partial charge is 0.497 e. The Kier molecular flexibility index (Phi) is 5.06. The van der Waals surface area contributed by atoms with Crippen molar-refractivity contribution in [2.24, 2.45) is 0 Å². The van der Waals surface area contributed by atoms with Gasteiger partial charge >= 0.3 is 0 Å². The second kappa shape index (κ2) is 7.96. The standard InChI is InChI=1S/C23H21N3O2/c1-28-19-12-10-17(11-13-19)23(27)24-18-6-4-5-16(15-18)9-14-22-25-20-7-2-3-8-21(20)26-22/h2-8,10-13,15H,9,14H2,1H3,(H,24,27)(H,25,26). The molecule has 4 rings (SSSR count). The van der Waals surface area contributed by atoms with Crippen LogP contribution in [-0.4, -0.2) is 23.0 Å². The molecule has 28 heavy (non-hydrogen) atoms. The molecule has 1 aromatic heterocycles. The minimum Gasteiger partial charge on any atom is -0.497 e. The average Bonchev–Trinajstić information content (AvgIpc) is 3.16. The highest BCUT2D eigenvalue weighted by Gasteiger charge is 2.07. The molecular weight excluding hydrogens is 350 g/mol. The van der Waals surface area contributed by atoms with Crippen molar-refractivity contribution in [1.82, 2.24) is 9.97 Å². The Labute approximate surface area is 163 Å². The second-order valence-corrected chi connectivity index (χ2v) is 6.58. The van der Waals surface area contributed by atoms with Gasteiger partial charge in [0.15, 0.2) is 0 Å². The van der Waals surface area contributed by atoms with Crippen molar-refractivity contribution in [2.75, 3.05) is 12.4 Å². The fourth-order valence-corrected chi connectivity index (χ4v) is 3.14. The third-order valence-corrected chi connectivity index (χ3v) is 4.63. The molecule has 0 fully saturated rings. The predicted octanol–water partition coefficient (Wildman–Crippen LogP) is 4.61. The minimum atomic E-state index is -0.142. The molecule has 0 aliphatic heterocycles. The molecule has 3 aromatic carbocycles. The average molecular weight is 371 g/mol. The highest BCUT2D eigenvalue weighted by Crippen LogP contribution is 2.17. The van der Waals surface area contributed by atoms with Crippen LogP contribution in [0.4, 0.5) is 5.69 Å². The number of carbonyl (C=O) groups excluding carboxylic acids is 1. The first-order valence-corrected chi connectivity index (χ1v) is 9.19. The molecule has 0 unspecified atom stereocenters. The van der Waals surface area contributed by atoms with Crippen LogP contribution in [0.15, 0.2) is 72.8 Å². The highest BCUT2D eigenvalue weighted by molar-refractivity contribution is 6.04. The summed E-state index contributed by atoms with van der Waals surface area (Å²) in [7, 11) is 1.60. The number of carbonyl (C=O) groups is 1. The van der Waals surface area contributed by atoms with Gasteiger partial charge in [0, 0.05) is 17.7 Å². The zero-order valence-electron chi connectivity index (χ0n) is 15.6. The van der Waals surface area contributed by atoms with Crippen LogP contribution in [-0.2, 0) is 12.8 Å². The van der Waals surface area contributed by atoms with Crippen molar-refractivity contribution in [3.8, 4) is 5.75 Å². The number of hydrogen-bond donors (Lipinski definition) is 2. The Morgan fingerprint density at radius 3 is 2.61 bits per heavy atom. The van der Waals surface area contributed by atoms with Crippen molar-refractivity contribution < 1.29 is 9.53 Å². The van der Waals surface area contributed by atoms with E-state index in [0.717, 1.165) is 46.7 Å². The summed E-state index contributed by atoms with van der Waals surface area (Å²) in [6.45, 7) is 0. The number of aromatic nitrogens is 2. The van der Waals surface area contributed by atoms with Crippen molar-refractivity contribution in [3.05, 3.63) is 89.7 Å². The van der Waals surface area contributed by atoms with Gasteiger partial charge in [-0.05, 0) is 60.5 Å². The van der Waals surface area contributed by atoms with Gasteiger partial charge in [0.05, 0.1) is 18.1 Å². The number of H-pyrrole nitrogens is 1. The van der Waals surface area contributed by atoms with E-state index in [2.05, 4.69) is 21.4 Å². The first-order chi connectivity index (χ1) is 13.7. The lowest BCUT2D eigenvalue weighted by molar-refractivity contribution is 0.102. The topological polar surface area (TPSA) is 67.0 Å². The maximum absolute atomic E-state index is 12.4. The van der Waals surface area contributed by atoms with Crippen LogP contribution in [0.1, 0.15) is 21.7 Å². The Morgan fingerprint density at radius 1 is 1.00 bits per heavy atom. The summed E-state index contributed by atoms with van der Waals surface area (Å²) < 4.78 is 5.13. The van der Waals surface area contributed by atoms with Gasteiger partial charge in [-0.15, -0.1) is 0 Å². The fourth-order valence-electron chi connectivity index (χ4n) is 3.14. The maximum Gasteiger partial charge on any atom is 0.255 e. The molecule has 1 amide bonds. The smallest absolute Gasteiger partial charge is 0.255 e. The van der Waals surface area contributed by atoms with Crippen molar-refractivity contribution in [2.45, 2.75) is 12.8 Å². The summed E-state index contributed by atoms with van der Waals surface area (Å²) in [5.74, 6) is 1.55. The van der Waals surface area contributed by atoms with E-state index in [9.17, 15) is 4.79 Å². The maximum atomic E-state index is 12.4. The van der Waals surface area contributed by atoms with Crippen LogP contribution >= 0.6 is 0 Å². The molecule has 0 saturated carbocycles. The van der Waals surface area contributed by atoms with Crippen molar-refractivity contribution in [1.29, 1.82) is 0 Å². The molecule has 0 radical (unpaired) electrons. The van der Waals surface area contributed by atoms with Crippen LogP contribution < -0.4 is 10.1 Å². The lowest BCUT2D eigenvalue weighted by atomic mass is 10.1. The van der Waals surface area contributed by atoms with E-state index in [1.807, 2.05) is 42.5 Å². The lowest BCUT2D eigenvalue weighted by Crippen LogP contribution is -2.11. The number of aromatic amines is 1. The van der Waals surface area contributed by atoms with Gasteiger partial charge in [0.25, 0.3) is 5.91 Å². The van der Waals surface area contributed by atoms with Crippen molar-refractivity contribution >= 4 is 22.6 Å². The number of nitrogens with one attached hydrogen (secondary N) is 2. The Balaban J connectivity index is 1.41.